The zero-order chi connectivity index (χ0) is 21.7. The highest BCUT2D eigenvalue weighted by Gasteiger charge is 2.33. The Bertz CT molecular complexity index is 989. The summed E-state index contributed by atoms with van der Waals surface area (Å²) in [6.07, 6.45) is 0.604. The van der Waals surface area contributed by atoms with Gasteiger partial charge in [0.15, 0.2) is 0 Å². The Morgan fingerprint density at radius 3 is 2.33 bits per heavy atom. The molecule has 2 aromatic carbocycles. The molecule has 1 heterocycles. The maximum absolute atomic E-state index is 10.8. The Morgan fingerprint density at radius 1 is 1.07 bits per heavy atom. The average Bonchev–Trinajstić information content (AvgIpc) is 2.67. The molecule has 0 aromatic heterocycles. The molecular weight excluding hydrogens is 388 g/mol. The second kappa shape index (κ2) is 8.68. The van der Waals surface area contributed by atoms with E-state index in [0.717, 1.165) is 5.69 Å². The van der Waals surface area contributed by atoms with Gasteiger partial charge in [0.1, 0.15) is 17.2 Å². The summed E-state index contributed by atoms with van der Waals surface area (Å²) in [5, 5.41) is 10.8. The Hall–Kier alpha value is -3.82. The molecule has 0 saturated carbocycles. The van der Waals surface area contributed by atoms with Gasteiger partial charge in [-0.15, -0.1) is 0 Å². The lowest BCUT2D eigenvalue weighted by Crippen LogP contribution is -2.54. The monoisotopic (exact) mass is 412 g/mol. The quantitative estimate of drug-likeness (QED) is 0.385. The van der Waals surface area contributed by atoms with Crippen LogP contribution in [-0.4, -0.2) is 35.7 Å². The van der Waals surface area contributed by atoms with E-state index in [1.165, 1.54) is 12.1 Å². The molecule has 1 aliphatic heterocycles. The Labute approximate surface area is 174 Å². The molecule has 0 amide bonds. The van der Waals surface area contributed by atoms with Gasteiger partial charge in [0.05, 0.1) is 24.2 Å². The van der Waals surface area contributed by atoms with Gasteiger partial charge in [-0.2, -0.15) is 4.99 Å². The van der Waals surface area contributed by atoms with Crippen molar-refractivity contribution in [2.75, 3.05) is 18.1 Å². The first-order chi connectivity index (χ1) is 14.3. The summed E-state index contributed by atoms with van der Waals surface area (Å²) in [7, 11) is 0. The second-order valence-electron chi connectivity index (χ2n) is 7.07. The summed E-state index contributed by atoms with van der Waals surface area (Å²) >= 11 is 0. The van der Waals surface area contributed by atoms with E-state index in [4.69, 9.17) is 20.9 Å². The van der Waals surface area contributed by atoms with Crippen LogP contribution in [0.3, 0.4) is 0 Å². The minimum atomic E-state index is -0.680. The summed E-state index contributed by atoms with van der Waals surface area (Å²) in [6.45, 7) is 4.56. The highest BCUT2D eigenvalue weighted by molar-refractivity contribution is 6.05. The van der Waals surface area contributed by atoms with E-state index in [1.807, 2.05) is 38.1 Å². The zero-order valence-electron chi connectivity index (χ0n) is 16.8. The zero-order valence-corrected chi connectivity index (χ0v) is 16.8. The van der Waals surface area contributed by atoms with Gasteiger partial charge in [-0.05, 0) is 32.0 Å². The third kappa shape index (κ3) is 4.96. The van der Waals surface area contributed by atoms with Gasteiger partial charge in [0.2, 0.25) is 11.9 Å². The van der Waals surface area contributed by atoms with Crippen molar-refractivity contribution in [1.82, 2.24) is 0 Å². The van der Waals surface area contributed by atoms with Crippen molar-refractivity contribution in [2.24, 2.45) is 21.5 Å². The molecule has 0 aliphatic carbocycles. The number of anilines is 1. The van der Waals surface area contributed by atoms with Crippen LogP contribution in [0.4, 0.5) is 11.4 Å². The first-order valence-electron chi connectivity index (χ1n) is 9.36. The fourth-order valence-corrected chi connectivity index (χ4v) is 3.09. The van der Waals surface area contributed by atoms with Crippen molar-refractivity contribution in [1.29, 1.82) is 0 Å². The lowest BCUT2D eigenvalue weighted by atomic mass is 10.1. The smallest absolute Gasteiger partial charge is 0.273 e. The van der Waals surface area contributed by atoms with Crippen LogP contribution < -0.4 is 25.8 Å². The summed E-state index contributed by atoms with van der Waals surface area (Å²) in [6, 6.07) is 13.5. The van der Waals surface area contributed by atoms with E-state index >= 15 is 0 Å². The van der Waals surface area contributed by atoms with Crippen LogP contribution in [0, 0.1) is 10.1 Å². The molecule has 30 heavy (non-hydrogen) atoms. The number of nitrogens with two attached hydrogens (primary N) is 2. The summed E-state index contributed by atoms with van der Waals surface area (Å²) in [5.41, 5.74) is 11.9. The Morgan fingerprint density at radius 2 is 1.70 bits per heavy atom. The van der Waals surface area contributed by atoms with Crippen molar-refractivity contribution < 1.29 is 14.4 Å². The molecule has 0 bridgehead atoms. The number of hydrogen-bond donors (Lipinski definition) is 2. The van der Waals surface area contributed by atoms with Crippen LogP contribution in [0.2, 0.25) is 0 Å². The first kappa shape index (κ1) is 20.9. The fraction of sp³-hybridized carbons (Fsp3) is 0.300. The molecule has 0 spiro atoms. The normalized spacial score (nSPS) is 15.2. The van der Waals surface area contributed by atoms with E-state index in [1.54, 1.807) is 17.0 Å². The number of nitrogens with zero attached hydrogens (tertiary/aromatic N) is 4. The van der Waals surface area contributed by atoms with Gasteiger partial charge < -0.3 is 20.9 Å². The summed E-state index contributed by atoms with van der Waals surface area (Å²) < 4.78 is 11.4. The van der Waals surface area contributed by atoms with Gasteiger partial charge in [0, 0.05) is 24.2 Å². The minimum absolute atomic E-state index is 0.00453. The van der Waals surface area contributed by atoms with Gasteiger partial charge in [-0.3, -0.25) is 15.0 Å². The van der Waals surface area contributed by atoms with E-state index in [9.17, 15) is 10.1 Å². The van der Waals surface area contributed by atoms with Crippen LogP contribution in [0.15, 0.2) is 58.5 Å². The first-order valence-corrected chi connectivity index (χ1v) is 9.36. The highest BCUT2D eigenvalue weighted by Crippen LogP contribution is 2.30. The molecule has 10 heteroatoms. The summed E-state index contributed by atoms with van der Waals surface area (Å²) in [4.78, 5) is 20.5. The number of non-ortho nitro benzene ring substituents is 1. The molecular formula is C20H24N6O4. The molecule has 4 N–H and O–H groups in total. The number of aliphatic imine (C=N–C) groups is 2. The lowest BCUT2D eigenvalue weighted by molar-refractivity contribution is -0.384. The number of nitro benzene ring substituents is 1. The standard InChI is InChI=1S/C20H24N6O4/c1-20(2)24-18(21)23-19(22)25(20)14-6-3-8-16(12-14)29-10-5-11-30-17-9-4-7-15(13-17)26(27)28/h3-4,6-9,12-13H,5,10-11H2,1-2H3,(H4,21,22,23,24). The largest absolute Gasteiger partial charge is 0.493 e. The van der Waals surface area contributed by atoms with Crippen LogP contribution >= 0.6 is 0 Å². The molecule has 0 radical (unpaired) electrons. The predicted molar refractivity (Wildman–Crippen MR) is 115 cm³/mol. The van der Waals surface area contributed by atoms with Gasteiger partial charge in [0.25, 0.3) is 5.69 Å². The molecule has 0 atom stereocenters. The fourth-order valence-electron chi connectivity index (χ4n) is 3.09. The van der Waals surface area contributed by atoms with Crippen molar-refractivity contribution in [3.8, 4) is 11.5 Å². The highest BCUT2D eigenvalue weighted by atomic mass is 16.6. The molecule has 0 unspecified atom stereocenters. The van der Waals surface area contributed by atoms with Crippen molar-refractivity contribution in [3.05, 3.63) is 58.6 Å². The number of ether oxygens (including phenoxy) is 2. The minimum Gasteiger partial charge on any atom is -0.493 e. The number of rotatable bonds is 8. The van der Waals surface area contributed by atoms with Crippen molar-refractivity contribution >= 4 is 23.3 Å². The molecule has 158 valence electrons. The summed E-state index contributed by atoms with van der Waals surface area (Å²) in [5.74, 6) is 1.52. The van der Waals surface area contributed by atoms with E-state index in [0.29, 0.717) is 31.1 Å². The van der Waals surface area contributed by atoms with E-state index in [2.05, 4.69) is 9.98 Å². The topological polar surface area (TPSA) is 142 Å². The van der Waals surface area contributed by atoms with Gasteiger partial charge >= 0.3 is 0 Å². The van der Waals surface area contributed by atoms with Crippen LogP contribution in [0.1, 0.15) is 20.3 Å². The number of hydrogen-bond acceptors (Lipinski definition) is 9. The molecule has 0 fully saturated rings. The predicted octanol–water partition coefficient (Wildman–Crippen LogP) is 2.63. The van der Waals surface area contributed by atoms with E-state index < -0.39 is 10.6 Å². The third-order valence-corrected chi connectivity index (χ3v) is 4.32. The Kier molecular flexibility index (Phi) is 6.05. The van der Waals surface area contributed by atoms with Gasteiger partial charge in [-0.1, -0.05) is 12.1 Å². The van der Waals surface area contributed by atoms with Crippen molar-refractivity contribution in [2.45, 2.75) is 25.9 Å². The van der Waals surface area contributed by atoms with Crippen LogP contribution in [0.25, 0.3) is 0 Å². The molecule has 3 rings (SSSR count). The third-order valence-electron chi connectivity index (χ3n) is 4.32. The Balaban J connectivity index is 1.55. The van der Waals surface area contributed by atoms with Crippen LogP contribution in [-0.2, 0) is 0 Å². The maximum atomic E-state index is 10.8. The van der Waals surface area contributed by atoms with Crippen molar-refractivity contribution in [3.63, 3.8) is 0 Å². The molecule has 1 aliphatic rings. The second-order valence-corrected chi connectivity index (χ2v) is 7.07. The van der Waals surface area contributed by atoms with Crippen LogP contribution in [0.5, 0.6) is 11.5 Å². The molecule has 10 nitrogen and oxygen atoms in total. The maximum Gasteiger partial charge on any atom is 0.273 e. The van der Waals surface area contributed by atoms with E-state index in [-0.39, 0.29) is 17.6 Å². The number of guanidine groups is 2. The number of benzene rings is 2. The number of nitro groups is 1. The molecule has 0 saturated heterocycles. The molecule has 2 aromatic rings. The van der Waals surface area contributed by atoms with Gasteiger partial charge in [-0.25, -0.2) is 4.99 Å². The average molecular weight is 412 g/mol. The SMILES string of the molecule is CC1(C)N=C(N)N=C(N)N1c1cccc(OCCCOc2cccc([N+](=O)[O-])c2)c1. The lowest BCUT2D eigenvalue weighted by Gasteiger charge is -2.38.